The Morgan fingerprint density at radius 1 is 1.60 bits per heavy atom. The van der Waals surface area contributed by atoms with Crippen LogP contribution in [0.1, 0.15) is 35.3 Å². The molecule has 1 saturated carbocycles. The molecule has 0 aliphatic heterocycles. The van der Waals surface area contributed by atoms with Crippen molar-refractivity contribution in [2.24, 2.45) is 5.73 Å². The molecule has 1 heterocycles. The van der Waals surface area contributed by atoms with Gasteiger partial charge in [-0.3, -0.25) is 4.79 Å². The van der Waals surface area contributed by atoms with Gasteiger partial charge < -0.3 is 11.1 Å². The Morgan fingerprint density at radius 2 is 2.40 bits per heavy atom. The van der Waals surface area contributed by atoms with Crippen LogP contribution in [0.15, 0.2) is 18.3 Å². The molecule has 1 aliphatic rings. The highest BCUT2D eigenvalue weighted by molar-refractivity contribution is 8.00. The number of aromatic nitrogens is 1. The largest absolute Gasteiger partial charge is 0.349 e. The Labute approximate surface area is 123 Å². The lowest BCUT2D eigenvalue weighted by atomic mass is 9.84. The second-order valence-corrected chi connectivity index (χ2v) is 6.10. The van der Waals surface area contributed by atoms with Gasteiger partial charge in [0.25, 0.3) is 5.91 Å². The summed E-state index contributed by atoms with van der Waals surface area (Å²) in [7, 11) is 0. The summed E-state index contributed by atoms with van der Waals surface area (Å²) in [5.74, 6) is 5.49. The smallest absolute Gasteiger partial charge is 0.271 e. The quantitative estimate of drug-likeness (QED) is 0.822. The molecule has 1 aliphatic carbocycles. The van der Waals surface area contributed by atoms with Crippen LogP contribution in [0.5, 0.6) is 0 Å². The second kappa shape index (κ2) is 6.78. The van der Waals surface area contributed by atoms with E-state index in [0.29, 0.717) is 17.8 Å². The number of hydrogen-bond donors (Lipinski definition) is 2. The Balaban J connectivity index is 2.05. The number of hydrogen-bond acceptors (Lipinski definition) is 4. The number of amides is 1. The molecule has 0 atom stereocenters. The standard InChI is InChI=1S/C15H19N3OS/c1-20-15(7-4-8-15)11-18-14(19)13-12(5-2-9-16)6-3-10-17-13/h3,6,10H,4,7-9,11,16H2,1H3,(H,18,19). The predicted octanol–water partition coefficient (Wildman–Crippen LogP) is 1.41. The third kappa shape index (κ3) is 3.33. The molecule has 1 aromatic heterocycles. The molecule has 3 N–H and O–H groups in total. The van der Waals surface area contributed by atoms with Crippen LogP contribution < -0.4 is 11.1 Å². The minimum absolute atomic E-state index is 0.160. The van der Waals surface area contributed by atoms with Crippen LogP contribution in [-0.4, -0.2) is 35.0 Å². The molecule has 1 fully saturated rings. The maximum atomic E-state index is 12.2. The zero-order chi connectivity index (χ0) is 14.4. The molecular weight excluding hydrogens is 270 g/mol. The molecule has 1 amide bonds. The van der Waals surface area contributed by atoms with Crippen molar-refractivity contribution in [2.75, 3.05) is 19.3 Å². The summed E-state index contributed by atoms with van der Waals surface area (Å²) in [6.45, 7) is 0.957. The maximum Gasteiger partial charge on any atom is 0.271 e. The molecule has 106 valence electrons. The van der Waals surface area contributed by atoms with Crippen molar-refractivity contribution >= 4 is 17.7 Å². The number of carbonyl (C=O) groups is 1. The summed E-state index contributed by atoms with van der Waals surface area (Å²) in [5, 5.41) is 2.99. The monoisotopic (exact) mass is 289 g/mol. The van der Waals surface area contributed by atoms with Gasteiger partial charge in [0.2, 0.25) is 0 Å². The number of pyridine rings is 1. The van der Waals surface area contributed by atoms with Crippen LogP contribution >= 0.6 is 11.8 Å². The highest BCUT2D eigenvalue weighted by Crippen LogP contribution is 2.42. The Kier molecular flexibility index (Phi) is 5.05. The lowest BCUT2D eigenvalue weighted by Gasteiger charge is -2.40. The van der Waals surface area contributed by atoms with Gasteiger partial charge in [-0.05, 0) is 31.2 Å². The summed E-state index contributed by atoms with van der Waals surface area (Å²) >= 11 is 1.83. The minimum Gasteiger partial charge on any atom is -0.349 e. The van der Waals surface area contributed by atoms with Crippen LogP contribution in [0, 0.1) is 11.8 Å². The fourth-order valence-electron chi connectivity index (χ4n) is 2.18. The summed E-state index contributed by atoms with van der Waals surface area (Å²) < 4.78 is 0.216. The average Bonchev–Trinajstić information content (AvgIpc) is 2.44. The minimum atomic E-state index is -0.160. The van der Waals surface area contributed by atoms with Gasteiger partial charge in [0.15, 0.2) is 0 Å². The first-order valence-corrected chi connectivity index (χ1v) is 7.90. The van der Waals surface area contributed by atoms with Gasteiger partial charge in [0.05, 0.1) is 12.1 Å². The second-order valence-electron chi connectivity index (χ2n) is 4.83. The fourth-order valence-corrected chi connectivity index (χ4v) is 3.10. The lowest BCUT2D eigenvalue weighted by molar-refractivity contribution is 0.0938. The van der Waals surface area contributed by atoms with Crippen molar-refractivity contribution in [3.8, 4) is 11.8 Å². The van der Waals surface area contributed by atoms with E-state index >= 15 is 0 Å². The van der Waals surface area contributed by atoms with E-state index in [0.717, 1.165) is 12.8 Å². The molecule has 0 radical (unpaired) electrons. The molecule has 20 heavy (non-hydrogen) atoms. The summed E-state index contributed by atoms with van der Waals surface area (Å²) in [5.41, 5.74) is 6.37. The fraction of sp³-hybridized carbons (Fsp3) is 0.467. The van der Waals surface area contributed by atoms with Crippen molar-refractivity contribution < 1.29 is 4.79 Å². The van der Waals surface area contributed by atoms with Gasteiger partial charge in [-0.1, -0.05) is 18.3 Å². The van der Waals surface area contributed by atoms with Crippen molar-refractivity contribution in [3.63, 3.8) is 0 Å². The van der Waals surface area contributed by atoms with Gasteiger partial charge in [0.1, 0.15) is 5.69 Å². The zero-order valence-electron chi connectivity index (χ0n) is 11.6. The molecule has 1 aromatic rings. The number of nitrogens with one attached hydrogen (secondary N) is 1. The van der Waals surface area contributed by atoms with Gasteiger partial charge in [-0.15, -0.1) is 0 Å². The summed E-state index contributed by atoms with van der Waals surface area (Å²) in [6, 6.07) is 3.56. The molecule has 0 spiro atoms. The third-order valence-electron chi connectivity index (χ3n) is 3.62. The SMILES string of the molecule is CSC1(CNC(=O)c2ncccc2C#CCN)CCC1. The van der Waals surface area contributed by atoms with Crippen molar-refractivity contribution in [1.29, 1.82) is 0 Å². The molecule has 2 rings (SSSR count). The summed E-state index contributed by atoms with van der Waals surface area (Å²) in [6.07, 6.45) is 7.28. The lowest BCUT2D eigenvalue weighted by Crippen LogP contribution is -2.45. The Bertz CT molecular complexity index is 538. The summed E-state index contributed by atoms with van der Waals surface area (Å²) in [4.78, 5) is 16.4. The molecule has 0 unspecified atom stereocenters. The maximum absolute atomic E-state index is 12.2. The van der Waals surface area contributed by atoms with Crippen LogP contribution in [0.2, 0.25) is 0 Å². The number of carbonyl (C=O) groups excluding carboxylic acids is 1. The van der Waals surface area contributed by atoms with E-state index in [1.807, 2.05) is 11.8 Å². The molecule has 4 nitrogen and oxygen atoms in total. The third-order valence-corrected chi connectivity index (χ3v) is 5.04. The van der Waals surface area contributed by atoms with Gasteiger partial charge in [-0.2, -0.15) is 11.8 Å². The first-order chi connectivity index (χ1) is 9.71. The van der Waals surface area contributed by atoms with Crippen LogP contribution in [0.25, 0.3) is 0 Å². The van der Waals surface area contributed by atoms with E-state index in [4.69, 9.17) is 5.73 Å². The molecule has 0 bridgehead atoms. The van der Waals surface area contributed by atoms with E-state index in [1.165, 1.54) is 6.42 Å². The van der Waals surface area contributed by atoms with Crippen LogP contribution in [-0.2, 0) is 0 Å². The van der Waals surface area contributed by atoms with Crippen LogP contribution in [0.4, 0.5) is 0 Å². The van der Waals surface area contributed by atoms with Crippen molar-refractivity contribution in [2.45, 2.75) is 24.0 Å². The van der Waals surface area contributed by atoms with Gasteiger partial charge in [0, 0.05) is 17.5 Å². The number of nitrogens with zero attached hydrogens (tertiary/aromatic N) is 1. The molecular formula is C15H19N3OS. The zero-order valence-corrected chi connectivity index (χ0v) is 12.4. The molecule has 0 aromatic carbocycles. The topological polar surface area (TPSA) is 68.0 Å². The first kappa shape index (κ1) is 14.9. The number of nitrogens with two attached hydrogens (primary N) is 1. The van der Waals surface area contributed by atoms with E-state index in [-0.39, 0.29) is 17.2 Å². The normalized spacial score (nSPS) is 15.7. The molecule has 5 heteroatoms. The van der Waals surface area contributed by atoms with Crippen LogP contribution in [0.3, 0.4) is 0 Å². The van der Waals surface area contributed by atoms with Crippen molar-refractivity contribution in [3.05, 3.63) is 29.6 Å². The van der Waals surface area contributed by atoms with Crippen molar-refractivity contribution in [1.82, 2.24) is 10.3 Å². The number of rotatable bonds is 4. The van der Waals surface area contributed by atoms with E-state index < -0.39 is 0 Å². The average molecular weight is 289 g/mol. The highest BCUT2D eigenvalue weighted by Gasteiger charge is 2.36. The Morgan fingerprint density at radius 3 is 3.00 bits per heavy atom. The number of thioether (sulfide) groups is 1. The van der Waals surface area contributed by atoms with Gasteiger partial charge in [-0.25, -0.2) is 4.98 Å². The van der Waals surface area contributed by atoms with E-state index in [2.05, 4.69) is 28.4 Å². The predicted molar refractivity (Wildman–Crippen MR) is 82.6 cm³/mol. The Hall–Kier alpha value is -1.51. The molecule has 0 saturated heterocycles. The highest BCUT2D eigenvalue weighted by atomic mass is 32.2. The van der Waals surface area contributed by atoms with Gasteiger partial charge >= 0.3 is 0 Å². The first-order valence-electron chi connectivity index (χ1n) is 6.68. The van der Waals surface area contributed by atoms with E-state index in [9.17, 15) is 4.79 Å². The van der Waals surface area contributed by atoms with E-state index in [1.54, 1.807) is 18.3 Å².